The number of carboxylic acid groups (broad SMARTS) is 1. The number of H-pyrrole nitrogens is 1. The van der Waals surface area contributed by atoms with Gasteiger partial charge in [-0.25, -0.2) is 9.78 Å². The van der Waals surface area contributed by atoms with Crippen molar-refractivity contribution in [1.82, 2.24) is 15.0 Å². The molecule has 3 rings (SSSR count). The van der Waals surface area contributed by atoms with Gasteiger partial charge in [0, 0.05) is 18.8 Å². The first kappa shape index (κ1) is 13.9. The fourth-order valence-corrected chi connectivity index (χ4v) is 2.25. The molecule has 0 unspecified atom stereocenters. The minimum atomic E-state index is -1.04. The second kappa shape index (κ2) is 5.77. The van der Waals surface area contributed by atoms with Crippen LogP contribution in [-0.2, 0) is 12.8 Å². The number of nitrogens with zero attached hydrogens (tertiary/aromatic N) is 2. The zero-order valence-corrected chi connectivity index (χ0v) is 11.6. The van der Waals surface area contributed by atoms with Crippen molar-refractivity contribution in [1.29, 1.82) is 0 Å². The molecule has 3 aromatic rings. The number of aromatic nitrogens is 3. The Morgan fingerprint density at radius 2 is 2.09 bits per heavy atom. The molecule has 0 atom stereocenters. The molecule has 0 bridgehead atoms. The van der Waals surface area contributed by atoms with Crippen LogP contribution in [0.25, 0.3) is 10.9 Å². The first-order valence-corrected chi connectivity index (χ1v) is 6.78. The predicted molar refractivity (Wildman–Crippen MR) is 81.0 cm³/mol. The molecule has 0 saturated carbocycles. The van der Waals surface area contributed by atoms with Gasteiger partial charge in [0.15, 0.2) is 0 Å². The zero-order chi connectivity index (χ0) is 15.5. The highest BCUT2D eigenvalue weighted by molar-refractivity contribution is 5.92. The van der Waals surface area contributed by atoms with E-state index in [2.05, 4.69) is 15.0 Å². The lowest BCUT2D eigenvalue weighted by Gasteiger charge is -2.04. The van der Waals surface area contributed by atoms with Crippen molar-refractivity contribution in [3.05, 3.63) is 70.0 Å². The number of fused-ring (bicyclic) bond motifs is 1. The molecule has 0 aliphatic heterocycles. The lowest BCUT2D eigenvalue weighted by Crippen LogP contribution is -2.13. The van der Waals surface area contributed by atoms with Crippen molar-refractivity contribution in [2.45, 2.75) is 12.8 Å². The van der Waals surface area contributed by atoms with Crippen LogP contribution in [0.4, 0.5) is 0 Å². The molecule has 0 aliphatic rings. The Bertz CT molecular complexity index is 888. The van der Waals surface area contributed by atoms with Crippen LogP contribution in [0.1, 0.15) is 21.7 Å². The summed E-state index contributed by atoms with van der Waals surface area (Å²) in [4.78, 5) is 34.2. The molecule has 0 radical (unpaired) electrons. The van der Waals surface area contributed by atoms with Gasteiger partial charge in [0.25, 0.3) is 5.56 Å². The second-order valence-corrected chi connectivity index (χ2v) is 4.91. The average Bonchev–Trinajstić information content (AvgIpc) is 2.53. The average molecular weight is 295 g/mol. The number of hydrogen-bond acceptors (Lipinski definition) is 4. The van der Waals surface area contributed by atoms with Crippen molar-refractivity contribution >= 4 is 16.9 Å². The van der Waals surface area contributed by atoms with E-state index in [1.807, 2.05) is 12.1 Å². The highest BCUT2D eigenvalue weighted by Gasteiger charge is 2.08. The van der Waals surface area contributed by atoms with Crippen LogP contribution in [0, 0.1) is 0 Å². The predicted octanol–water partition coefficient (Wildman–Crippen LogP) is 1.80. The molecule has 0 spiro atoms. The van der Waals surface area contributed by atoms with Crippen molar-refractivity contribution < 1.29 is 9.90 Å². The van der Waals surface area contributed by atoms with E-state index in [0.717, 1.165) is 5.56 Å². The minimum absolute atomic E-state index is 0.115. The van der Waals surface area contributed by atoms with Crippen LogP contribution < -0.4 is 5.56 Å². The zero-order valence-electron chi connectivity index (χ0n) is 11.6. The molecule has 0 fully saturated rings. The Kier molecular flexibility index (Phi) is 3.65. The van der Waals surface area contributed by atoms with E-state index in [-0.39, 0.29) is 11.1 Å². The summed E-state index contributed by atoms with van der Waals surface area (Å²) in [7, 11) is 0. The number of benzene rings is 1. The largest absolute Gasteiger partial charge is 0.478 e. The van der Waals surface area contributed by atoms with Gasteiger partial charge in [-0.05, 0) is 36.2 Å². The Morgan fingerprint density at radius 1 is 1.23 bits per heavy atom. The van der Waals surface area contributed by atoms with E-state index < -0.39 is 5.97 Å². The maximum atomic E-state index is 12.0. The number of aromatic amines is 1. The molecular weight excluding hydrogens is 282 g/mol. The highest BCUT2D eigenvalue weighted by atomic mass is 16.4. The summed E-state index contributed by atoms with van der Waals surface area (Å²) in [5.41, 5.74) is 1.29. The number of pyridine rings is 1. The molecule has 0 aliphatic carbocycles. The van der Waals surface area contributed by atoms with Gasteiger partial charge < -0.3 is 10.1 Å². The maximum Gasteiger partial charge on any atom is 0.335 e. The smallest absolute Gasteiger partial charge is 0.335 e. The maximum absolute atomic E-state index is 12.0. The quantitative estimate of drug-likeness (QED) is 0.765. The molecule has 2 heterocycles. The molecule has 2 N–H and O–H groups in total. The summed E-state index contributed by atoms with van der Waals surface area (Å²) >= 11 is 0. The number of aryl methyl sites for hydroxylation is 2. The number of rotatable bonds is 4. The molecule has 1 aromatic carbocycles. The Hall–Kier alpha value is -3.02. The van der Waals surface area contributed by atoms with Crippen LogP contribution >= 0.6 is 0 Å². The van der Waals surface area contributed by atoms with E-state index >= 15 is 0 Å². The van der Waals surface area contributed by atoms with Crippen LogP contribution in [0.5, 0.6) is 0 Å². The van der Waals surface area contributed by atoms with E-state index in [4.69, 9.17) is 5.11 Å². The molecule has 110 valence electrons. The van der Waals surface area contributed by atoms with E-state index in [0.29, 0.717) is 29.6 Å². The summed E-state index contributed by atoms with van der Waals surface area (Å²) < 4.78 is 0. The van der Waals surface area contributed by atoms with Gasteiger partial charge in [0.1, 0.15) is 5.82 Å². The van der Waals surface area contributed by atoms with Gasteiger partial charge in [-0.15, -0.1) is 0 Å². The molecular formula is C16H13N3O3. The lowest BCUT2D eigenvalue weighted by atomic mass is 10.1. The van der Waals surface area contributed by atoms with Gasteiger partial charge in [-0.3, -0.25) is 9.78 Å². The second-order valence-electron chi connectivity index (χ2n) is 4.91. The molecule has 2 aromatic heterocycles. The number of carboxylic acids is 1. The van der Waals surface area contributed by atoms with Crippen molar-refractivity contribution in [2.75, 3.05) is 0 Å². The summed E-state index contributed by atoms with van der Waals surface area (Å²) in [5.74, 6) is -0.509. The summed E-state index contributed by atoms with van der Waals surface area (Å²) in [5, 5.41) is 9.40. The number of aromatic carboxylic acids is 1. The Morgan fingerprint density at radius 3 is 2.82 bits per heavy atom. The fraction of sp³-hybridized carbons (Fsp3) is 0.125. The number of hydrogen-bond donors (Lipinski definition) is 2. The first-order valence-electron chi connectivity index (χ1n) is 6.78. The highest BCUT2D eigenvalue weighted by Crippen LogP contribution is 2.11. The van der Waals surface area contributed by atoms with Crippen LogP contribution in [0.15, 0.2) is 47.5 Å². The van der Waals surface area contributed by atoms with Crippen LogP contribution in [0.3, 0.4) is 0 Å². The summed E-state index contributed by atoms with van der Waals surface area (Å²) in [6.45, 7) is 0. The van der Waals surface area contributed by atoms with Gasteiger partial charge in [-0.1, -0.05) is 6.07 Å². The molecule has 6 nitrogen and oxygen atoms in total. The molecule has 0 amide bonds. The molecule has 22 heavy (non-hydrogen) atoms. The summed E-state index contributed by atoms with van der Waals surface area (Å²) in [6, 6.07) is 8.10. The monoisotopic (exact) mass is 295 g/mol. The van der Waals surface area contributed by atoms with E-state index in [1.165, 1.54) is 18.2 Å². The number of carbonyl (C=O) groups is 1. The third-order valence-corrected chi connectivity index (χ3v) is 3.38. The Labute approximate surface area is 125 Å². The topological polar surface area (TPSA) is 95.9 Å². The van der Waals surface area contributed by atoms with Gasteiger partial charge in [0.2, 0.25) is 0 Å². The fourth-order valence-electron chi connectivity index (χ4n) is 2.25. The van der Waals surface area contributed by atoms with Crippen LogP contribution in [0.2, 0.25) is 0 Å². The minimum Gasteiger partial charge on any atom is -0.478 e. The third kappa shape index (κ3) is 2.85. The van der Waals surface area contributed by atoms with Crippen molar-refractivity contribution in [3.8, 4) is 0 Å². The van der Waals surface area contributed by atoms with E-state index in [9.17, 15) is 9.59 Å². The SMILES string of the molecule is O=C(O)c1ccc2c(=O)[nH]c(CCc3cccnc3)nc2c1. The molecule has 6 heteroatoms. The van der Waals surface area contributed by atoms with Gasteiger partial charge >= 0.3 is 5.97 Å². The van der Waals surface area contributed by atoms with Gasteiger partial charge in [0.05, 0.1) is 16.5 Å². The van der Waals surface area contributed by atoms with Crippen molar-refractivity contribution in [2.24, 2.45) is 0 Å². The van der Waals surface area contributed by atoms with E-state index in [1.54, 1.807) is 12.4 Å². The van der Waals surface area contributed by atoms with Crippen LogP contribution in [-0.4, -0.2) is 26.0 Å². The standard InChI is InChI=1S/C16H13N3O3/c20-15-12-5-4-11(16(21)22)8-13(12)18-14(19-15)6-3-10-2-1-7-17-9-10/h1-2,4-5,7-9H,3,6H2,(H,21,22)(H,18,19,20). The lowest BCUT2D eigenvalue weighted by molar-refractivity contribution is 0.0697. The van der Waals surface area contributed by atoms with Gasteiger partial charge in [-0.2, -0.15) is 0 Å². The third-order valence-electron chi connectivity index (χ3n) is 3.38. The Balaban J connectivity index is 1.93. The summed E-state index contributed by atoms with van der Waals surface area (Å²) in [6.07, 6.45) is 4.71. The molecule has 0 saturated heterocycles. The number of nitrogens with one attached hydrogen (secondary N) is 1. The normalized spacial score (nSPS) is 10.7. The van der Waals surface area contributed by atoms with Crippen molar-refractivity contribution in [3.63, 3.8) is 0 Å². The first-order chi connectivity index (χ1) is 10.6.